The van der Waals surface area contributed by atoms with Crippen molar-refractivity contribution in [2.24, 2.45) is 0 Å². The van der Waals surface area contributed by atoms with Crippen molar-refractivity contribution < 1.29 is 43.2 Å². The average molecular weight is 1150 g/mol. The zero-order valence-electron chi connectivity index (χ0n) is 48.3. The molecule has 0 unspecified atom stereocenters. The summed E-state index contributed by atoms with van der Waals surface area (Å²) in [5, 5.41) is 30.3. The molecule has 9 rings (SSSR count). The normalized spacial score (nSPS) is 15.7. The van der Waals surface area contributed by atoms with Gasteiger partial charge >= 0.3 is 18.2 Å². The molecule has 18 nitrogen and oxygen atoms in total. The number of aliphatic carboxylic acids is 1. The van der Waals surface area contributed by atoms with E-state index in [1.54, 1.807) is 43.9 Å². The fourth-order valence-electron chi connectivity index (χ4n) is 10.4. The lowest BCUT2D eigenvalue weighted by Gasteiger charge is -2.37. The molecule has 3 amide bonds. The minimum atomic E-state index is -1.10. The van der Waals surface area contributed by atoms with Crippen molar-refractivity contribution in [2.75, 3.05) is 26.2 Å². The van der Waals surface area contributed by atoms with Crippen LogP contribution in [0.4, 0.5) is 21.0 Å². The van der Waals surface area contributed by atoms with Crippen LogP contribution in [0.25, 0.3) is 52.0 Å². The van der Waals surface area contributed by atoms with Crippen LogP contribution in [0.5, 0.6) is 11.5 Å². The number of carboxylic acids is 1. The molecule has 430 valence electrons. The fourth-order valence-corrected chi connectivity index (χ4v) is 12.2. The second-order valence-electron chi connectivity index (χ2n) is 23.0. The third kappa shape index (κ3) is 14.8. The molecule has 0 bridgehead atoms. The number of rotatable bonds is 14. The van der Waals surface area contributed by atoms with Gasteiger partial charge in [0.25, 0.3) is 0 Å². The van der Waals surface area contributed by atoms with Gasteiger partial charge in [-0.15, -0.1) is 20.4 Å². The number of hydrogen-bond donors (Lipinski definition) is 1. The summed E-state index contributed by atoms with van der Waals surface area (Å²) < 4.78 is 22.9. The number of carbonyl (C=O) groups excluding carboxylic acids is 3. The van der Waals surface area contributed by atoms with Gasteiger partial charge in [-0.25, -0.2) is 19.3 Å². The number of benzene rings is 4. The Morgan fingerprint density at radius 2 is 1.04 bits per heavy atom. The van der Waals surface area contributed by atoms with Gasteiger partial charge in [0.15, 0.2) is 0 Å². The third-order valence-electron chi connectivity index (χ3n) is 13.7. The molecular weight excluding hydrogens is 1080 g/mol. The highest BCUT2D eigenvalue weighted by atomic mass is 32.1. The summed E-state index contributed by atoms with van der Waals surface area (Å²) in [6.45, 7) is 34.7. The van der Waals surface area contributed by atoms with Gasteiger partial charge in [-0.05, 0) is 167 Å². The molecule has 20 heteroatoms. The second kappa shape index (κ2) is 25.9. The molecule has 0 spiro atoms. The standard InChI is InChI=1S/C33H39N5O4S.C29H32N4O5S/c1-21(2)41-28-16-15-22(19-26(28)34-6)30-35-36-31(43-30)25-13-9-12-24-23(25)11-10-14-27(24)38(32(40)42-33(3,4)5)20-29(39)37-17-7-8-18-37;1-17(2)37-24-14-13-18(15-22(24)30-6)26-31-32-27(39-26)21-11-7-10-20-19(21)9-8-12-23(20)33(16-25(34)35)28(36)38-29(3,4)5/h9,12-13,15-16,19,21,27H,7-8,10-11,14,17-18,20H2,1-5H3;7,10-11,13-15,17,23H,8-9,12,16H2,1-5H3,(H,34,35)/t27-;23-/m11/s1. The molecule has 1 N–H and O–H groups in total. The van der Waals surface area contributed by atoms with Gasteiger partial charge in [-0.3, -0.25) is 19.4 Å². The van der Waals surface area contributed by atoms with Gasteiger partial charge in [0.05, 0.1) is 37.4 Å². The smallest absolute Gasteiger partial charge is 0.411 e. The molecule has 6 aromatic rings. The quantitative estimate of drug-likeness (QED) is 0.101. The largest absolute Gasteiger partial charge is 0.502 e. The summed E-state index contributed by atoms with van der Waals surface area (Å²) >= 11 is 2.89. The topological polar surface area (TPSA) is 195 Å². The van der Waals surface area contributed by atoms with E-state index >= 15 is 0 Å². The minimum Gasteiger partial charge on any atom is -0.502 e. The summed E-state index contributed by atoms with van der Waals surface area (Å²) in [6.07, 6.45) is 5.43. The first-order chi connectivity index (χ1) is 39.0. The van der Waals surface area contributed by atoms with Crippen molar-refractivity contribution in [3.8, 4) is 53.8 Å². The SMILES string of the molecule is [C-]#[N+]c1cc(-c2nnc(-c3cccc4c3CCC[C@H]4N(CC(=O)N3CCCC3)C(=O)OC(C)(C)C)s2)ccc1OC(C)C.[C-]#[N+]c1cc(-c2nnc(-c3cccc4c3CCC[C@H]4N(CC(=O)O)C(=O)OC(C)(C)C)s2)ccc1OC(C)C. The number of nitrogens with zero attached hydrogens (tertiary/aromatic N) is 9. The first-order valence-corrected chi connectivity index (χ1v) is 29.4. The lowest BCUT2D eigenvalue weighted by molar-refractivity contribution is -0.139. The lowest BCUT2D eigenvalue weighted by Crippen LogP contribution is -2.46. The van der Waals surface area contributed by atoms with Gasteiger partial charge in [-0.1, -0.05) is 71.2 Å². The fraction of sp³-hybridized carbons (Fsp3) is 0.452. The van der Waals surface area contributed by atoms with E-state index in [1.807, 2.05) is 102 Å². The van der Waals surface area contributed by atoms with E-state index in [-0.39, 0.29) is 30.7 Å². The van der Waals surface area contributed by atoms with Crippen LogP contribution in [-0.4, -0.2) is 114 Å². The number of likely N-dealkylation sites (tertiary alicyclic amines) is 1. The Bertz CT molecular complexity index is 3390. The van der Waals surface area contributed by atoms with Crippen molar-refractivity contribution in [2.45, 2.75) is 156 Å². The summed E-state index contributed by atoms with van der Waals surface area (Å²) in [4.78, 5) is 63.6. The van der Waals surface area contributed by atoms with Crippen LogP contribution >= 0.6 is 22.7 Å². The van der Waals surface area contributed by atoms with Crippen molar-refractivity contribution in [3.63, 3.8) is 0 Å². The van der Waals surface area contributed by atoms with E-state index in [0.717, 1.165) is 113 Å². The van der Waals surface area contributed by atoms with E-state index in [0.29, 0.717) is 39.3 Å². The second-order valence-corrected chi connectivity index (χ2v) is 25.0. The van der Waals surface area contributed by atoms with Gasteiger partial charge in [0, 0.05) is 35.3 Å². The van der Waals surface area contributed by atoms with Gasteiger partial charge in [0.2, 0.25) is 17.3 Å². The molecule has 0 radical (unpaired) electrons. The van der Waals surface area contributed by atoms with Gasteiger partial charge in [0.1, 0.15) is 55.8 Å². The Labute approximate surface area is 488 Å². The number of fused-ring (bicyclic) bond motifs is 2. The van der Waals surface area contributed by atoms with Crippen molar-refractivity contribution in [1.29, 1.82) is 0 Å². The summed E-state index contributed by atoms with van der Waals surface area (Å²) in [5.41, 5.74) is 6.96. The van der Waals surface area contributed by atoms with Gasteiger partial charge < -0.3 is 29.0 Å². The molecule has 2 aromatic heterocycles. The lowest BCUT2D eigenvalue weighted by atomic mass is 9.84. The van der Waals surface area contributed by atoms with E-state index in [2.05, 4.69) is 36.2 Å². The molecule has 1 saturated heterocycles. The summed E-state index contributed by atoms with van der Waals surface area (Å²) in [5.74, 6) is -0.0440. The first-order valence-electron chi connectivity index (χ1n) is 27.8. The van der Waals surface area contributed by atoms with Crippen LogP contribution in [0.3, 0.4) is 0 Å². The zero-order chi connectivity index (χ0) is 59.0. The van der Waals surface area contributed by atoms with E-state index in [9.17, 15) is 24.3 Å². The number of amides is 3. The van der Waals surface area contributed by atoms with Crippen LogP contribution in [0, 0.1) is 13.1 Å². The number of carbonyl (C=O) groups is 4. The molecule has 0 saturated carbocycles. The van der Waals surface area contributed by atoms with E-state index < -0.39 is 41.9 Å². The number of ether oxygens (including phenoxy) is 4. The number of hydrogen-bond acceptors (Lipinski definition) is 14. The van der Waals surface area contributed by atoms with Crippen LogP contribution in [0.1, 0.15) is 142 Å². The number of carboxylic acid groups (broad SMARTS) is 1. The molecule has 3 heterocycles. The predicted molar refractivity (Wildman–Crippen MR) is 316 cm³/mol. The Kier molecular flexibility index (Phi) is 19.0. The molecular formula is C62H71N9O9S2. The van der Waals surface area contributed by atoms with Gasteiger partial charge in [-0.2, -0.15) is 0 Å². The maximum atomic E-state index is 13.6. The molecule has 2 aliphatic carbocycles. The van der Waals surface area contributed by atoms with Crippen LogP contribution < -0.4 is 9.47 Å². The highest BCUT2D eigenvalue weighted by Gasteiger charge is 2.38. The highest BCUT2D eigenvalue weighted by Crippen LogP contribution is 2.45. The molecule has 2 atom stereocenters. The molecule has 1 fully saturated rings. The molecule has 1 aliphatic heterocycles. The van der Waals surface area contributed by atoms with Crippen molar-refractivity contribution >= 4 is 58.1 Å². The highest BCUT2D eigenvalue weighted by molar-refractivity contribution is 7.18. The maximum Gasteiger partial charge on any atom is 0.411 e. The average Bonchev–Trinajstić information content (AvgIpc) is 3.37. The zero-order valence-corrected chi connectivity index (χ0v) is 49.9. The number of aromatic nitrogens is 4. The first kappa shape index (κ1) is 60.2. The summed E-state index contributed by atoms with van der Waals surface area (Å²) in [6, 6.07) is 22.1. The Hall–Kier alpha value is -7.94. The maximum absolute atomic E-state index is 13.6. The molecule has 4 aromatic carbocycles. The third-order valence-corrected chi connectivity index (χ3v) is 15.7. The summed E-state index contributed by atoms with van der Waals surface area (Å²) in [7, 11) is 0. The van der Waals surface area contributed by atoms with E-state index in [1.165, 1.54) is 27.6 Å². The molecule has 3 aliphatic rings. The Morgan fingerprint density at radius 3 is 1.43 bits per heavy atom. The van der Waals surface area contributed by atoms with E-state index in [4.69, 9.17) is 32.1 Å². The van der Waals surface area contributed by atoms with Crippen LogP contribution in [-0.2, 0) is 31.9 Å². The van der Waals surface area contributed by atoms with Crippen molar-refractivity contribution in [3.05, 3.63) is 118 Å². The Balaban J connectivity index is 0.000000216. The molecule has 82 heavy (non-hydrogen) atoms. The van der Waals surface area contributed by atoms with Crippen LogP contribution in [0.2, 0.25) is 0 Å². The predicted octanol–water partition coefficient (Wildman–Crippen LogP) is 14.4. The minimum absolute atomic E-state index is 0.00783. The monoisotopic (exact) mass is 1150 g/mol. The van der Waals surface area contributed by atoms with Crippen molar-refractivity contribution in [1.82, 2.24) is 35.1 Å². The Morgan fingerprint density at radius 1 is 0.622 bits per heavy atom. The van der Waals surface area contributed by atoms with Crippen LogP contribution in [0.15, 0.2) is 72.8 Å².